The average molecular weight is 279 g/mol. The summed E-state index contributed by atoms with van der Waals surface area (Å²) in [6.45, 7) is 0.449. The molecule has 1 amide bonds. The highest BCUT2D eigenvalue weighted by atomic mass is 16.2. The van der Waals surface area contributed by atoms with Gasteiger partial charge in [-0.2, -0.15) is 5.26 Å². The van der Waals surface area contributed by atoms with E-state index >= 15 is 0 Å². The van der Waals surface area contributed by atoms with E-state index in [9.17, 15) is 4.79 Å². The first kappa shape index (κ1) is 13.6. The highest BCUT2D eigenvalue weighted by Crippen LogP contribution is 2.40. The molecule has 21 heavy (non-hydrogen) atoms. The molecule has 4 heteroatoms. The summed E-state index contributed by atoms with van der Waals surface area (Å²) in [4.78, 5) is 18.9. The molecule has 0 radical (unpaired) electrons. The van der Waals surface area contributed by atoms with Crippen LogP contribution >= 0.6 is 0 Å². The van der Waals surface area contributed by atoms with Gasteiger partial charge in [-0.25, -0.2) is 0 Å². The second-order valence-corrected chi connectivity index (χ2v) is 5.52. The molecule has 3 rings (SSSR count). The van der Waals surface area contributed by atoms with E-state index in [4.69, 9.17) is 5.26 Å². The zero-order chi connectivity index (χ0) is 14.8. The van der Waals surface area contributed by atoms with Crippen LogP contribution in [0.1, 0.15) is 41.2 Å². The van der Waals surface area contributed by atoms with Crippen molar-refractivity contribution in [2.75, 3.05) is 13.6 Å². The zero-order valence-corrected chi connectivity index (χ0v) is 12.0. The summed E-state index contributed by atoms with van der Waals surface area (Å²) in [6.07, 6.45) is 2.66. The van der Waals surface area contributed by atoms with E-state index in [1.165, 1.54) is 0 Å². The van der Waals surface area contributed by atoms with Gasteiger partial charge in [0.15, 0.2) is 0 Å². The number of para-hydroxylation sites is 1. The topological polar surface area (TPSA) is 57.0 Å². The van der Waals surface area contributed by atoms with Gasteiger partial charge in [0.1, 0.15) is 0 Å². The number of aromatic nitrogens is 1. The number of nitrogens with zero attached hydrogens (tertiary/aromatic N) is 3. The van der Waals surface area contributed by atoms with Crippen LogP contribution in [0.5, 0.6) is 0 Å². The second kappa shape index (κ2) is 5.53. The molecule has 0 unspecified atom stereocenters. The summed E-state index contributed by atoms with van der Waals surface area (Å²) in [5, 5.41) is 9.55. The molecule has 1 fully saturated rings. The third kappa shape index (κ3) is 2.73. The van der Waals surface area contributed by atoms with Crippen LogP contribution in [0, 0.1) is 11.3 Å². The standard InChI is InChI=1S/C17H17N3O/c1-20(10-4-9-18)17(21)14-11-16(12-7-8-12)19-15-6-3-2-5-13(14)15/h2-3,5-6,11-12H,4,7-8,10H2,1H3. The van der Waals surface area contributed by atoms with E-state index in [0.717, 1.165) is 29.4 Å². The van der Waals surface area contributed by atoms with Crippen LogP contribution < -0.4 is 0 Å². The maximum Gasteiger partial charge on any atom is 0.254 e. The highest BCUT2D eigenvalue weighted by molar-refractivity contribution is 6.06. The molecule has 1 saturated carbocycles. The quantitative estimate of drug-likeness (QED) is 0.864. The Morgan fingerprint density at radius 2 is 2.19 bits per heavy atom. The minimum Gasteiger partial charge on any atom is -0.341 e. The van der Waals surface area contributed by atoms with Crippen molar-refractivity contribution in [3.63, 3.8) is 0 Å². The summed E-state index contributed by atoms with van der Waals surface area (Å²) in [5.41, 5.74) is 2.59. The fourth-order valence-electron chi connectivity index (χ4n) is 2.49. The number of hydrogen-bond acceptors (Lipinski definition) is 3. The molecule has 0 saturated heterocycles. The molecular formula is C17H17N3O. The molecule has 0 atom stereocenters. The second-order valence-electron chi connectivity index (χ2n) is 5.52. The number of amides is 1. The van der Waals surface area contributed by atoms with Gasteiger partial charge in [0, 0.05) is 30.6 Å². The van der Waals surface area contributed by atoms with Gasteiger partial charge < -0.3 is 4.90 Å². The van der Waals surface area contributed by atoms with Gasteiger partial charge in [0.05, 0.1) is 23.6 Å². The minimum absolute atomic E-state index is 0.0363. The third-order valence-corrected chi connectivity index (χ3v) is 3.87. The third-order valence-electron chi connectivity index (χ3n) is 3.87. The Morgan fingerprint density at radius 1 is 1.43 bits per heavy atom. The molecule has 1 aliphatic rings. The Kier molecular flexibility index (Phi) is 3.57. The summed E-state index contributed by atoms with van der Waals surface area (Å²) >= 11 is 0. The van der Waals surface area contributed by atoms with Crippen LogP contribution in [0.4, 0.5) is 0 Å². The van der Waals surface area contributed by atoms with Crippen LogP contribution in [0.25, 0.3) is 10.9 Å². The van der Waals surface area contributed by atoms with Crippen molar-refractivity contribution in [1.29, 1.82) is 5.26 Å². The number of carbonyl (C=O) groups is 1. The van der Waals surface area contributed by atoms with Crippen molar-refractivity contribution in [3.05, 3.63) is 41.6 Å². The van der Waals surface area contributed by atoms with Gasteiger partial charge in [-0.1, -0.05) is 18.2 Å². The minimum atomic E-state index is -0.0363. The smallest absolute Gasteiger partial charge is 0.254 e. The van der Waals surface area contributed by atoms with Crippen molar-refractivity contribution in [2.45, 2.75) is 25.2 Å². The predicted molar refractivity (Wildman–Crippen MR) is 80.9 cm³/mol. The normalized spacial score (nSPS) is 13.9. The Hall–Kier alpha value is -2.41. The largest absolute Gasteiger partial charge is 0.341 e. The number of fused-ring (bicyclic) bond motifs is 1. The lowest BCUT2D eigenvalue weighted by atomic mass is 10.0. The average Bonchev–Trinajstić information content (AvgIpc) is 3.35. The lowest BCUT2D eigenvalue weighted by molar-refractivity contribution is 0.0800. The molecule has 1 aliphatic carbocycles. The molecule has 1 aromatic heterocycles. The maximum absolute atomic E-state index is 12.6. The Balaban J connectivity index is 2.03. The van der Waals surface area contributed by atoms with Crippen LogP contribution in [0.2, 0.25) is 0 Å². The number of rotatable bonds is 4. The van der Waals surface area contributed by atoms with Crippen molar-refractivity contribution in [1.82, 2.24) is 9.88 Å². The molecule has 0 bridgehead atoms. The van der Waals surface area contributed by atoms with E-state index in [1.807, 2.05) is 30.3 Å². The van der Waals surface area contributed by atoms with Gasteiger partial charge >= 0.3 is 0 Å². The molecule has 0 N–H and O–H groups in total. The fraction of sp³-hybridized carbons (Fsp3) is 0.353. The zero-order valence-electron chi connectivity index (χ0n) is 12.0. The summed E-state index contributed by atoms with van der Waals surface area (Å²) in [7, 11) is 1.74. The SMILES string of the molecule is CN(CCC#N)C(=O)c1cc(C2CC2)nc2ccccc12. The molecule has 106 valence electrons. The van der Waals surface area contributed by atoms with E-state index in [0.29, 0.717) is 24.4 Å². The number of benzene rings is 1. The first-order valence-electron chi connectivity index (χ1n) is 7.23. The van der Waals surface area contributed by atoms with Crippen LogP contribution in [-0.2, 0) is 0 Å². The van der Waals surface area contributed by atoms with Gasteiger partial charge in [0.25, 0.3) is 5.91 Å². The monoisotopic (exact) mass is 279 g/mol. The van der Waals surface area contributed by atoms with Crippen molar-refractivity contribution < 1.29 is 4.79 Å². The van der Waals surface area contributed by atoms with Crippen LogP contribution in [0.3, 0.4) is 0 Å². The Bertz CT molecular complexity index is 728. The number of hydrogen-bond donors (Lipinski definition) is 0. The summed E-state index contributed by atoms with van der Waals surface area (Å²) < 4.78 is 0. The molecular weight excluding hydrogens is 262 g/mol. The van der Waals surface area contributed by atoms with Gasteiger partial charge in [-0.15, -0.1) is 0 Å². The summed E-state index contributed by atoms with van der Waals surface area (Å²) in [6, 6.07) is 11.8. The maximum atomic E-state index is 12.6. The van der Waals surface area contributed by atoms with E-state index in [2.05, 4.69) is 11.1 Å². The predicted octanol–water partition coefficient (Wildman–Crippen LogP) is 3.10. The molecule has 0 spiro atoms. The highest BCUT2D eigenvalue weighted by Gasteiger charge is 2.27. The molecule has 4 nitrogen and oxygen atoms in total. The number of carbonyl (C=O) groups excluding carboxylic acids is 1. The van der Waals surface area contributed by atoms with Crippen molar-refractivity contribution in [3.8, 4) is 6.07 Å². The Morgan fingerprint density at radius 3 is 2.90 bits per heavy atom. The first-order valence-corrected chi connectivity index (χ1v) is 7.23. The first-order chi connectivity index (χ1) is 10.2. The van der Waals surface area contributed by atoms with E-state index in [1.54, 1.807) is 11.9 Å². The summed E-state index contributed by atoms with van der Waals surface area (Å²) in [5.74, 6) is 0.469. The lowest BCUT2D eigenvalue weighted by Crippen LogP contribution is -2.28. The molecule has 2 aromatic rings. The van der Waals surface area contributed by atoms with E-state index in [-0.39, 0.29) is 5.91 Å². The molecule has 1 aromatic carbocycles. The molecule has 0 aliphatic heterocycles. The Labute approximate surface area is 124 Å². The fourth-order valence-corrected chi connectivity index (χ4v) is 2.49. The van der Waals surface area contributed by atoms with Gasteiger partial charge in [0.2, 0.25) is 0 Å². The lowest BCUT2D eigenvalue weighted by Gasteiger charge is -2.17. The molecule has 1 heterocycles. The van der Waals surface area contributed by atoms with Gasteiger partial charge in [-0.05, 0) is 25.0 Å². The van der Waals surface area contributed by atoms with Crippen LogP contribution in [0.15, 0.2) is 30.3 Å². The van der Waals surface area contributed by atoms with Crippen LogP contribution in [-0.4, -0.2) is 29.4 Å². The van der Waals surface area contributed by atoms with Gasteiger partial charge in [-0.3, -0.25) is 9.78 Å². The van der Waals surface area contributed by atoms with Crippen molar-refractivity contribution >= 4 is 16.8 Å². The number of nitriles is 1. The number of pyridine rings is 1. The van der Waals surface area contributed by atoms with Crippen molar-refractivity contribution in [2.24, 2.45) is 0 Å². The van der Waals surface area contributed by atoms with E-state index < -0.39 is 0 Å².